The zero-order chi connectivity index (χ0) is 14.4. The minimum atomic E-state index is 0. The number of nitrogens with zero attached hydrogens (tertiary/aromatic N) is 1. The standard InChI is InChI=1S/C15H20N2OS2.ClH/c1-12(16)6-7-15(18)17(10-13-4-2-8-19-13)11-14-5-3-9-20-14;/h2-5,8-9,12H,6-7,10-11,16H2,1H3;1H. The summed E-state index contributed by atoms with van der Waals surface area (Å²) in [7, 11) is 0. The molecule has 0 saturated carbocycles. The normalized spacial score (nSPS) is 11.7. The van der Waals surface area contributed by atoms with Gasteiger partial charge >= 0.3 is 0 Å². The van der Waals surface area contributed by atoms with Gasteiger partial charge < -0.3 is 10.6 Å². The molecule has 0 saturated heterocycles. The van der Waals surface area contributed by atoms with Crippen molar-refractivity contribution in [1.82, 2.24) is 4.90 Å². The number of halogens is 1. The molecule has 2 aromatic heterocycles. The maximum atomic E-state index is 12.4. The zero-order valence-electron chi connectivity index (χ0n) is 12.0. The third kappa shape index (κ3) is 6.18. The number of hydrogen-bond donors (Lipinski definition) is 1. The molecule has 1 atom stereocenters. The Morgan fingerprint density at radius 2 is 1.71 bits per heavy atom. The molecule has 0 bridgehead atoms. The predicted octanol–water partition coefficient (Wildman–Crippen LogP) is 3.89. The zero-order valence-corrected chi connectivity index (χ0v) is 14.5. The quantitative estimate of drug-likeness (QED) is 0.828. The van der Waals surface area contributed by atoms with Crippen LogP contribution in [0.4, 0.5) is 0 Å². The van der Waals surface area contributed by atoms with Gasteiger partial charge in [-0.3, -0.25) is 4.79 Å². The van der Waals surface area contributed by atoms with Gasteiger partial charge in [0.25, 0.3) is 0 Å². The van der Waals surface area contributed by atoms with Crippen molar-refractivity contribution in [1.29, 1.82) is 0 Å². The average Bonchev–Trinajstić information content (AvgIpc) is 3.08. The molecular formula is C15H21ClN2OS2. The Balaban J connectivity index is 0.00000220. The van der Waals surface area contributed by atoms with Gasteiger partial charge in [0, 0.05) is 22.2 Å². The van der Waals surface area contributed by atoms with Crippen molar-refractivity contribution in [2.24, 2.45) is 5.73 Å². The Kier molecular flexibility index (Phi) is 7.96. The Hall–Kier alpha value is -0.880. The fourth-order valence-electron chi connectivity index (χ4n) is 1.92. The van der Waals surface area contributed by atoms with Crippen molar-refractivity contribution in [2.45, 2.75) is 38.9 Å². The summed E-state index contributed by atoms with van der Waals surface area (Å²) in [4.78, 5) is 16.7. The predicted molar refractivity (Wildman–Crippen MR) is 93.0 cm³/mol. The van der Waals surface area contributed by atoms with Crippen molar-refractivity contribution in [3.63, 3.8) is 0 Å². The maximum Gasteiger partial charge on any atom is 0.223 e. The van der Waals surface area contributed by atoms with E-state index >= 15 is 0 Å². The number of hydrogen-bond acceptors (Lipinski definition) is 4. The lowest BCUT2D eigenvalue weighted by atomic mass is 10.2. The van der Waals surface area contributed by atoms with Crippen LogP contribution in [0.3, 0.4) is 0 Å². The van der Waals surface area contributed by atoms with E-state index in [0.717, 1.165) is 6.42 Å². The molecule has 2 N–H and O–H groups in total. The summed E-state index contributed by atoms with van der Waals surface area (Å²) in [6, 6.07) is 8.27. The highest BCUT2D eigenvalue weighted by molar-refractivity contribution is 7.10. The van der Waals surface area contributed by atoms with E-state index in [4.69, 9.17) is 5.73 Å². The van der Waals surface area contributed by atoms with Crippen LogP contribution in [-0.4, -0.2) is 16.8 Å². The second-order valence-corrected chi connectivity index (χ2v) is 6.99. The van der Waals surface area contributed by atoms with E-state index in [1.54, 1.807) is 22.7 Å². The largest absolute Gasteiger partial charge is 0.332 e. The van der Waals surface area contributed by atoms with Crippen LogP contribution in [0.5, 0.6) is 0 Å². The van der Waals surface area contributed by atoms with Crippen molar-refractivity contribution in [3.8, 4) is 0 Å². The summed E-state index contributed by atoms with van der Waals surface area (Å²) in [5, 5.41) is 4.09. The third-order valence-corrected chi connectivity index (χ3v) is 4.74. The van der Waals surface area contributed by atoms with Gasteiger partial charge in [-0.2, -0.15) is 0 Å². The minimum Gasteiger partial charge on any atom is -0.332 e. The number of carbonyl (C=O) groups is 1. The first-order valence-electron chi connectivity index (χ1n) is 6.73. The van der Waals surface area contributed by atoms with Crippen LogP contribution in [0, 0.1) is 0 Å². The number of thiophene rings is 2. The van der Waals surface area contributed by atoms with E-state index in [0.29, 0.717) is 19.5 Å². The number of amides is 1. The van der Waals surface area contributed by atoms with Crippen molar-refractivity contribution >= 4 is 41.0 Å². The van der Waals surface area contributed by atoms with Gasteiger partial charge in [-0.15, -0.1) is 35.1 Å². The van der Waals surface area contributed by atoms with Crippen molar-refractivity contribution < 1.29 is 4.79 Å². The van der Waals surface area contributed by atoms with Crippen LogP contribution in [0.25, 0.3) is 0 Å². The van der Waals surface area contributed by atoms with Crippen LogP contribution >= 0.6 is 35.1 Å². The number of nitrogens with two attached hydrogens (primary N) is 1. The summed E-state index contributed by atoms with van der Waals surface area (Å²) in [6.45, 7) is 3.32. The molecule has 0 radical (unpaired) electrons. The van der Waals surface area contributed by atoms with E-state index in [-0.39, 0.29) is 24.4 Å². The fourth-order valence-corrected chi connectivity index (χ4v) is 3.36. The lowest BCUT2D eigenvalue weighted by Crippen LogP contribution is -2.30. The molecule has 2 aromatic rings. The van der Waals surface area contributed by atoms with Crippen molar-refractivity contribution in [3.05, 3.63) is 44.8 Å². The molecule has 2 rings (SSSR count). The summed E-state index contributed by atoms with van der Waals surface area (Å²) >= 11 is 3.38. The molecular weight excluding hydrogens is 324 g/mol. The van der Waals surface area contributed by atoms with Gasteiger partial charge in [0.1, 0.15) is 0 Å². The molecule has 21 heavy (non-hydrogen) atoms. The Morgan fingerprint density at radius 1 is 1.19 bits per heavy atom. The van der Waals surface area contributed by atoms with Crippen LogP contribution in [0.1, 0.15) is 29.5 Å². The van der Waals surface area contributed by atoms with Crippen LogP contribution in [0.15, 0.2) is 35.0 Å². The molecule has 0 aromatic carbocycles. The van der Waals surface area contributed by atoms with E-state index in [1.807, 2.05) is 34.7 Å². The first kappa shape index (κ1) is 18.2. The number of carbonyl (C=O) groups excluding carboxylic acids is 1. The maximum absolute atomic E-state index is 12.4. The first-order chi connectivity index (χ1) is 9.65. The molecule has 116 valence electrons. The van der Waals surface area contributed by atoms with Gasteiger partial charge in [0.15, 0.2) is 0 Å². The van der Waals surface area contributed by atoms with Gasteiger partial charge in [-0.1, -0.05) is 12.1 Å². The Bertz CT molecular complexity index is 476. The molecule has 1 unspecified atom stereocenters. The smallest absolute Gasteiger partial charge is 0.223 e. The van der Waals surface area contributed by atoms with E-state index in [9.17, 15) is 4.79 Å². The Morgan fingerprint density at radius 3 is 2.10 bits per heavy atom. The fraction of sp³-hybridized carbons (Fsp3) is 0.400. The molecule has 0 aliphatic rings. The van der Waals surface area contributed by atoms with Gasteiger partial charge in [0.2, 0.25) is 5.91 Å². The molecule has 0 spiro atoms. The lowest BCUT2D eigenvalue weighted by Gasteiger charge is -2.22. The third-order valence-electron chi connectivity index (χ3n) is 3.02. The molecule has 0 aliphatic heterocycles. The molecule has 0 aliphatic carbocycles. The van der Waals surface area contributed by atoms with Crippen LogP contribution in [-0.2, 0) is 17.9 Å². The second-order valence-electron chi connectivity index (χ2n) is 4.92. The molecule has 3 nitrogen and oxygen atoms in total. The van der Waals surface area contributed by atoms with Gasteiger partial charge in [-0.25, -0.2) is 0 Å². The average molecular weight is 345 g/mol. The number of rotatable bonds is 7. The second kappa shape index (κ2) is 9.20. The monoisotopic (exact) mass is 344 g/mol. The van der Waals surface area contributed by atoms with Crippen molar-refractivity contribution in [2.75, 3.05) is 0 Å². The highest BCUT2D eigenvalue weighted by atomic mass is 35.5. The molecule has 1 amide bonds. The SMILES string of the molecule is CC(N)CCC(=O)N(Cc1cccs1)Cc1cccs1.Cl. The highest BCUT2D eigenvalue weighted by Crippen LogP contribution is 2.18. The topological polar surface area (TPSA) is 46.3 Å². The van der Waals surface area contributed by atoms with Gasteiger partial charge in [0.05, 0.1) is 13.1 Å². The summed E-state index contributed by atoms with van der Waals surface area (Å²) < 4.78 is 0. The van der Waals surface area contributed by atoms with Crippen LogP contribution < -0.4 is 5.73 Å². The molecule has 6 heteroatoms. The van der Waals surface area contributed by atoms with Crippen LogP contribution in [0.2, 0.25) is 0 Å². The summed E-state index contributed by atoms with van der Waals surface area (Å²) in [5.74, 6) is 0.184. The minimum absolute atomic E-state index is 0. The Labute approximate surface area is 140 Å². The lowest BCUT2D eigenvalue weighted by molar-refractivity contribution is -0.132. The van der Waals surface area contributed by atoms with E-state index < -0.39 is 0 Å². The van der Waals surface area contributed by atoms with E-state index in [2.05, 4.69) is 12.1 Å². The molecule has 0 fully saturated rings. The summed E-state index contributed by atoms with van der Waals surface area (Å²) in [6.07, 6.45) is 1.26. The van der Waals surface area contributed by atoms with Gasteiger partial charge in [-0.05, 0) is 36.2 Å². The first-order valence-corrected chi connectivity index (χ1v) is 8.49. The molecule has 2 heterocycles. The van der Waals surface area contributed by atoms with E-state index in [1.165, 1.54) is 9.75 Å². The highest BCUT2D eigenvalue weighted by Gasteiger charge is 2.16. The summed E-state index contributed by atoms with van der Waals surface area (Å²) in [5.41, 5.74) is 5.75.